The minimum absolute atomic E-state index is 0.00930. The minimum atomic E-state index is -0.233. The second kappa shape index (κ2) is 10.6. The molecule has 38 heavy (non-hydrogen) atoms. The van der Waals surface area contributed by atoms with Crippen LogP contribution in [-0.2, 0) is 13.5 Å². The van der Waals surface area contributed by atoms with Gasteiger partial charge in [0.05, 0.1) is 24.4 Å². The number of fused-ring (bicyclic) bond motifs is 1. The van der Waals surface area contributed by atoms with E-state index < -0.39 is 0 Å². The zero-order valence-corrected chi connectivity index (χ0v) is 22.7. The number of rotatable bonds is 6. The Balaban J connectivity index is 1.57. The molecule has 0 amide bonds. The maximum atomic E-state index is 13.9. The van der Waals surface area contributed by atoms with E-state index in [2.05, 4.69) is 54.8 Å². The average Bonchev–Trinajstić information content (AvgIpc) is 2.93. The number of piperazine rings is 1. The molecule has 7 heteroatoms. The van der Waals surface area contributed by atoms with E-state index in [4.69, 9.17) is 9.72 Å². The molecular formula is C31H35FN4O2. The first kappa shape index (κ1) is 25.9. The summed E-state index contributed by atoms with van der Waals surface area (Å²) in [5.74, 6) is 0.284. The van der Waals surface area contributed by atoms with Crippen molar-refractivity contribution in [1.29, 1.82) is 0 Å². The van der Waals surface area contributed by atoms with Gasteiger partial charge in [-0.1, -0.05) is 43.3 Å². The molecule has 2 aromatic carbocycles. The molecule has 1 aliphatic rings. The summed E-state index contributed by atoms with van der Waals surface area (Å²) in [6, 6.07) is 21.1. The van der Waals surface area contributed by atoms with Crippen LogP contribution in [0.2, 0.25) is 0 Å². The largest absolute Gasteiger partial charge is 0.481 e. The number of benzene rings is 2. The van der Waals surface area contributed by atoms with Gasteiger partial charge in [0.2, 0.25) is 5.88 Å². The predicted molar refractivity (Wildman–Crippen MR) is 151 cm³/mol. The monoisotopic (exact) mass is 514 g/mol. The predicted octanol–water partition coefficient (Wildman–Crippen LogP) is 5.33. The molecule has 1 fully saturated rings. The number of hydrogen-bond acceptors (Lipinski definition) is 5. The minimum Gasteiger partial charge on any atom is -0.481 e. The molecular weight excluding hydrogens is 479 g/mol. The van der Waals surface area contributed by atoms with Crippen LogP contribution >= 0.6 is 0 Å². The number of ether oxygens (including phenoxy) is 1. The maximum Gasteiger partial charge on any atom is 0.252 e. The van der Waals surface area contributed by atoms with Gasteiger partial charge < -0.3 is 14.2 Å². The van der Waals surface area contributed by atoms with Crippen LogP contribution in [0.15, 0.2) is 71.5 Å². The maximum absolute atomic E-state index is 13.9. The van der Waals surface area contributed by atoms with E-state index in [1.54, 1.807) is 43.0 Å². The van der Waals surface area contributed by atoms with Gasteiger partial charge in [0, 0.05) is 44.4 Å². The second-order valence-corrected chi connectivity index (χ2v) is 10.2. The second-order valence-electron chi connectivity index (χ2n) is 10.2. The van der Waals surface area contributed by atoms with Gasteiger partial charge in [-0.25, -0.2) is 9.37 Å². The van der Waals surface area contributed by atoms with Gasteiger partial charge in [-0.15, -0.1) is 0 Å². The number of halogens is 1. The van der Waals surface area contributed by atoms with Crippen molar-refractivity contribution < 1.29 is 9.13 Å². The summed E-state index contributed by atoms with van der Waals surface area (Å²) in [5.41, 5.74) is 5.90. The van der Waals surface area contributed by atoms with Crippen LogP contribution in [0.4, 0.5) is 10.1 Å². The van der Waals surface area contributed by atoms with Gasteiger partial charge in [-0.2, -0.15) is 0 Å². The number of pyridine rings is 2. The quantitative estimate of drug-likeness (QED) is 0.348. The number of hydrogen-bond donors (Lipinski definition) is 0. The van der Waals surface area contributed by atoms with Crippen LogP contribution in [0.25, 0.3) is 11.0 Å². The molecule has 2 aromatic heterocycles. The highest BCUT2D eigenvalue weighted by atomic mass is 19.1. The van der Waals surface area contributed by atoms with E-state index in [-0.39, 0.29) is 29.5 Å². The van der Waals surface area contributed by atoms with Gasteiger partial charge in [0.15, 0.2) is 0 Å². The lowest BCUT2D eigenvalue weighted by atomic mass is 9.89. The molecule has 0 aliphatic carbocycles. The molecule has 4 aromatic rings. The number of nitrogens with zero attached hydrogens (tertiary/aromatic N) is 4. The van der Waals surface area contributed by atoms with E-state index in [0.29, 0.717) is 12.4 Å². The van der Waals surface area contributed by atoms with Crippen LogP contribution in [-0.4, -0.2) is 46.7 Å². The lowest BCUT2D eigenvalue weighted by Crippen LogP contribution is -2.57. The molecule has 0 spiro atoms. The molecule has 0 bridgehead atoms. The Hall–Kier alpha value is -3.71. The Labute approximate surface area is 223 Å². The van der Waals surface area contributed by atoms with Gasteiger partial charge in [-0.05, 0) is 55.2 Å². The van der Waals surface area contributed by atoms with Crippen molar-refractivity contribution in [3.63, 3.8) is 0 Å². The summed E-state index contributed by atoms with van der Waals surface area (Å²) >= 11 is 0. The Morgan fingerprint density at radius 2 is 1.76 bits per heavy atom. The number of anilines is 1. The third-order valence-corrected chi connectivity index (χ3v) is 7.84. The summed E-state index contributed by atoms with van der Waals surface area (Å²) in [4.78, 5) is 22.5. The first-order valence-corrected chi connectivity index (χ1v) is 13.2. The van der Waals surface area contributed by atoms with E-state index in [0.717, 1.165) is 35.2 Å². The van der Waals surface area contributed by atoms with Crippen LogP contribution < -0.4 is 15.2 Å². The van der Waals surface area contributed by atoms with Crippen LogP contribution in [0.1, 0.15) is 43.5 Å². The highest BCUT2D eigenvalue weighted by Crippen LogP contribution is 2.37. The van der Waals surface area contributed by atoms with E-state index in [1.807, 2.05) is 18.2 Å². The first-order chi connectivity index (χ1) is 18.3. The van der Waals surface area contributed by atoms with Crippen LogP contribution in [0.5, 0.6) is 5.88 Å². The fraction of sp³-hybridized carbons (Fsp3) is 0.355. The van der Waals surface area contributed by atoms with Crippen LogP contribution in [0, 0.1) is 5.82 Å². The smallest absolute Gasteiger partial charge is 0.252 e. The zero-order chi connectivity index (χ0) is 27.0. The van der Waals surface area contributed by atoms with E-state index in [1.165, 1.54) is 11.1 Å². The van der Waals surface area contributed by atoms with Gasteiger partial charge in [0.25, 0.3) is 5.56 Å². The summed E-state index contributed by atoms with van der Waals surface area (Å²) < 4.78 is 20.9. The molecule has 1 saturated heterocycles. The lowest BCUT2D eigenvalue weighted by molar-refractivity contribution is 0.129. The third kappa shape index (κ3) is 4.67. The van der Waals surface area contributed by atoms with Gasteiger partial charge in [0.1, 0.15) is 11.3 Å². The molecule has 0 radical (unpaired) electrons. The first-order valence-electron chi connectivity index (χ1n) is 13.2. The third-order valence-electron chi connectivity index (χ3n) is 7.84. The van der Waals surface area contributed by atoms with Gasteiger partial charge >= 0.3 is 0 Å². The fourth-order valence-corrected chi connectivity index (χ4v) is 5.79. The molecule has 1 aliphatic heterocycles. The summed E-state index contributed by atoms with van der Waals surface area (Å²) in [5, 5.41) is 0. The van der Waals surface area contributed by atoms with Gasteiger partial charge in [-0.3, -0.25) is 9.69 Å². The average molecular weight is 515 g/mol. The Kier molecular flexibility index (Phi) is 7.21. The molecule has 5 rings (SSSR count). The molecule has 3 atom stereocenters. The standard InChI is InChI=1S/C31H35FN4O2/c1-6-22-9-7-8-10-25(22)31(23-11-13-24(32)14-12-23)36-19-20(2)35(18-21(36)3)27-17-29(37)34(4)26-15-16-28(38-5)33-30(26)27/h7-17,20-21,31H,6,18-19H2,1-5H3/t20-,21+,31?/m0/s1. The lowest BCUT2D eigenvalue weighted by Gasteiger charge is -2.49. The summed E-state index contributed by atoms with van der Waals surface area (Å²) in [7, 11) is 3.37. The SMILES string of the molecule is CCc1ccccc1C(c1ccc(F)cc1)N1C[C@H](C)N(c2cc(=O)n(C)c3ccc(OC)nc23)C[C@H]1C. The number of aryl methyl sites for hydroxylation is 2. The molecule has 3 heterocycles. The normalized spacial score (nSPS) is 19.1. The number of aromatic nitrogens is 2. The Morgan fingerprint density at radius 1 is 1.03 bits per heavy atom. The van der Waals surface area contributed by atoms with Crippen molar-refractivity contribution in [1.82, 2.24) is 14.5 Å². The topological polar surface area (TPSA) is 50.6 Å². The van der Waals surface area contributed by atoms with Crippen molar-refractivity contribution in [2.45, 2.75) is 45.3 Å². The van der Waals surface area contributed by atoms with Crippen molar-refractivity contribution in [3.8, 4) is 5.88 Å². The van der Waals surface area contributed by atoms with Crippen molar-refractivity contribution in [2.24, 2.45) is 7.05 Å². The van der Waals surface area contributed by atoms with Crippen molar-refractivity contribution in [2.75, 3.05) is 25.1 Å². The summed E-state index contributed by atoms with van der Waals surface area (Å²) in [6.45, 7) is 8.07. The van der Waals surface area contributed by atoms with E-state index in [9.17, 15) is 9.18 Å². The van der Waals surface area contributed by atoms with Crippen molar-refractivity contribution in [3.05, 3.63) is 99.6 Å². The van der Waals surface area contributed by atoms with Crippen LogP contribution in [0.3, 0.4) is 0 Å². The molecule has 6 nitrogen and oxygen atoms in total. The Bertz CT molecular complexity index is 1500. The zero-order valence-electron chi connectivity index (χ0n) is 22.7. The molecule has 0 N–H and O–H groups in total. The molecule has 198 valence electrons. The van der Waals surface area contributed by atoms with Crippen molar-refractivity contribution >= 4 is 16.7 Å². The highest BCUT2D eigenvalue weighted by molar-refractivity contribution is 5.89. The number of methoxy groups -OCH3 is 1. The summed E-state index contributed by atoms with van der Waals surface area (Å²) in [6.07, 6.45) is 0.921. The molecule has 0 saturated carbocycles. The Morgan fingerprint density at radius 3 is 2.47 bits per heavy atom. The highest BCUT2D eigenvalue weighted by Gasteiger charge is 2.36. The fourth-order valence-electron chi connectivity index (χ4n) is 5.79. The molecule has 1 unspecified atom stereocenters. The van der Waals surface area contributed by atoms with E-state index >= 15 is 0 Å².